The van der Waals surface area contributed by atoms with Crippen molar-refractivity contribution in [3.63, 3.8) is 0 Å². The van der Waals surface area contributed by atoms with E-state index in [2.05, 4.69) is 0 Å². The van der Waals surface area contributed by atoms with Gasteiger partial charge in [-0.2, -0.15) is 0 Å². The van der Waals surface area contributed by atoms with Gasteiger partial charge < -0.3 is 15.7 Å². The molecule has 0 aliphatic heterocycles. The minimum absolute atomic E-state index is 0.0435. The highest BCUT2D eigenvalue weighted by Gasteiger charge is 2.35. The van der Waals surface area contributed by atoms with Crippen LogP contribution in [0.25, 0.3) is 0 Å². The molecule has 1 saturated carbocycles. The molecule has 1 fully saturated rings. The van der Waals surface area contributed by atoms with Crippen LogP contribution in [0.1, 0.15) is 46.5 Å². The molecule has 0 unspecified atom stereocenters. The first-order chi connectivity index (χ1) is 8.23. The molecule has 1 aliphatic rings. The van der Waals surface area contributed by atoms with Crippen molar-refractivity contribution in [2.75, 3.05) is 6.54 Å². The van der Waals surface area contributed by atoms with Crippen LogP contribution in [-0.4, -0.2) is 40.5 Å². The molecule has 3 N–H and O–H groups in total. The highest BCUT2D eigenvalue weighted by molar-refractivity contribution is 5.86. The standard InChI is InChI=1S/C13H24N2O3/c1-13(2,3)11(14)12(18)15(8-10(16)17)9-6-4-5-7-9/h9,11H,4-8,14H2,1-3H3,(H,16,17)/t11-/m0/s1. The minimum Gasteiger partial charge on any atom is -0.480 e. The van der Waals surface area contributed by atoms with Crippen LogP contribution in [-0.2, 0) is 9.59 Å². The predicted molar refractivity (Wildman–Crippen MR) is 69.0 cm³/mol. The van der Waals surface area contributed by atoms with Crippen LogP contribution in [0.15, 0.2) is 0 Å². The fourth-order valence-corrected chi connectivity index (χ4v) is 2.30. The first-order valence-corrected chi connectivity index (χ1v) is 6.51. The van der Waals surface area contributed by atoms with Gasteiger partial charge in [0.1, 0.15) is 6.54 Å². The van der Waals surface area contributed by atoms with E-state index in [1.807, 2.05) is 20.8 Å². The summed E-state index contributed by atoms with van der Waals surface area (Å²) in [5.74, 6) is -1.21. The molecule has 1 atom stereocenters. The lowest BCUT2D eigenvalue weighted by atomic mass is 9.86. The van der Waals surface area contributed by atoms with Crippen molar-refractivity contribution in [1.82, 2.24) is 4.90 Å². The first-order valence-electron chi connectivity index (χ1n) is 6.51. The predicted octanol–water partition coefficient (Wildman–Crippen LogP) is 1.22. The van der Waals surface area contributed by atoms with Crippen LogP contribution in [0, 0.1) is 5.41 Å². The topological polar surface area (TPSA) is 83.6 Å². The van der Waals surface area contributed by atoms with Crippen molar-refractivity contribution >= 4 is 11.9 Å². The zero-order valence-electron chi connectivity index (χ0n) is 11.5. The maximum Gasteiger partial charge on any atom is 0.323 e. The van der Waals surface area contributed by atoms with E-state index >= 15 is 0 Å². The number of hydrogen-bond acceptors (Lipinski definition) is 3. The van der Waals surface area contributed by atoms with Crippen molar-refractivity contribution in [3.8, 4) is 0 Å². The van der Waals surface area contributed by atoms with Gasteiger partial charge in [-0.05, 0) is 18.3 Å². The smallest absolute Gasteiger partial charge is 0.323 e. The lowest BCUT2D eigenvalue weighted by Gasteiger charge is -2.34. The second kappa shape index (κ2) is 5.69. The number of aliphatic carboxylic acids is 1. The number of nitrogens with zero attached hydrogens (tertiary/aromatic N) is 1. The van der Waals surface area contributed by atoms with Crippen LogP contribution in [0.3, 0.4) is 0 Å². The molecule has 1 amide bonds. The molecule has 0 aromatic carbocycles. The van der Waals surface area contributed by atoms with E-state index in [0.717, 1.165) is 25.7 Å². The number of nitrogens with two attached hydrogens (primary N) is 1. The fraction of sp³-hybridized carbons (Fsp3) is 0.846. The van der Waals surface area contributed by atoms with Gasteiger partial charge in [0, 0.05) is 6.04 Å². The average molecular weight is 256 g/mol. The number of hydrogen-bond donors (Lipinski definition) is 2. The second-order valence-corrected chi connectivity index (χ2v) is 6.14. The number of carbonyl (C=O) groups excluding carboxylic acids is 1. The van der Waals surface area contributed by atoms with Crippen LogP contribution in [0.2, 0.25) is 0 Å². The van der Waals surface area contributed by atoms with Gasteiger partial charge in [0.05, 0.1) is 6.04 Å². The Morgan fingerprint density at radius 1 is 1.33 bits per heavy atom. The largest absolute Gasteiger partial charge is 0.480 e. The normalized spacial score (nSPS) is 18.7. The molecular weight excluding hydrogens is 232 g/mol. The number of amides is 1. The molecule has 1 rings (SSSR count). The van der Waals surface area contributed by atoms with Gasteiger partial charge in [-0.25, -0.2) is 0 Å². The van der Waals surface area contributed by atoms with Crippen molar-refractivity contribution in [2.24, 2.45) is 11.1 Å². The molecule has 0 spiro atoms. The molecule has 0 aromatic rings. The van der Waals surface area contributed by atoms with Gasteiger partial charge in [0.25, 0.3) is 0 Å². The van der Waals surface area contributed by atoms with Gasteiger partial charge in [-0.3, -0.25) is 9.59 Å². The highest BCUT2D eigenvalue weighted by atomic mass is 16.4. The Morgan fingerprint density at radius 3 is 2.22 bits per heavy atom. The van der Waals surface area contributed by atoms with Gasteiger partial charge in [0.15, 0.2) is 0 Å². The Hall–Kier alpha value is -1.10. The Kier molecular flexibility index (Phi) is 4.73. The number of carbonyl (C=O) groups is 2. The van der Waals surface area contributed by atoms with E-state index in [1.165, 1.54) is 4.90 Å². The average Bonchev–Trinajstić information content (AvgIpc) is 2.75. The van der Waals surface area contributed by atoms with Gasteiger partial charge in [-0.1, -0.05) is 33.6 Å². The molecule has 0 aromatic heterocycles. The quantitative estimate of drug-likeness (QED) is 0.792. The first kappa shape index (κ1) is 15.0. The Bertz CT molecular complexity index is 317. The monoisotopic (exact) mass is 256 g/mol. The highest BCUT2D eigenvalue weighted by Crippen LogP contribution is 2.26. The molecule has 0 bridgehead atoms. The second-order valence-electron chi connectivity index (χ2n) is 6.14. The summed E-state index contributed by atoms with van der Waals surface area (Å²) < 4.78 is 0. The number of carboxylic acid groups (broad SMARTS) is 1. The van der Waals surface area contributed by atoms with E-state index in [0.29, 0.717) is 0 Å². The Balaban J connectivity index is 2.81. The molecule has 18 heavy (non-hydrogen) atoms. The van der Waals surface area contributed by atoms with E-state index in [1.54, 1.807) is 0 Å². The third-order valence-electron chi connectivity index (χ3n) is 3.55. The van der Waals surface area contributed by atoms with Crippen LogP contribution < -0.4 is 5.73 Å². The molecule has 0 saturated heterocycles. The summed E-state index contributed by atoms with van der Waals surface area (Å²) in [5, 5.41) is 8.94. The van der Waals surface area contributed by atoms with E-state index in [9.17, 15) is 9.59 Å². The van der Waals surface area contributed by atoms with Crippen LogP contribution in [0.5, 0.6) is 0 Å². The summed E-state index contributed by atoms with van der Waals surface area (Å²) in [4.78, 5) is 24.7. The summed E-state index contributed by atoms with van der Waals surface area (Å²) in [5.41, 5.74) is 5.60. The molecule has 5 heteroatoms. The SMILES string of the molecule is CC(C)(C)[C@@H](N)C(=O)N(CC(=O)O)C1CCCC1. The molecule has 1 aliphatic carbocycles. The van der Waals surface area contributed by atoms with E-state index in [4.69, 9.17) is 10.8 Å². The van der Waals surface area contributed by atoms with Crippen molar-refractivity contribution in [3.05, 3.63) is 0 Å². The Labute approximate surface area is 108 Å². The van der Waals surface area contributed by atoms with Crippen molar-refractivity contribution < 1.29 is 14.7 Å². The summed E-state index contributed by atoms with van der Waals surface area (Å²) >= 11 is 0. The third kappa shape index (κ3) is 3.70. The molecule has 0 radical (unpaired) electrons. The lowest BCUT2D eigenvalue weighted by Crippen LogP contribution is -2.54. The van der Waals surface area contributed by atoms with Crippen molar-refractivity contribution in [2.45, 2.75) is 58.5 Å². The Morgan fingerprint density at radius 2 is 1.83 bits per heavy atom. The lowest BCUT2D eigenvalue weighted by molar-refractivity contribution is -0.148. The molecule has 5 nitrogen and oxygen atoms in total. The van der Waals surface area contributed by atoms with Gasteiger partial charge in [0.2, 0.25) is 5.91 Å². The molecule has 0 heterocycles. The summed E-state index contributed by atoms with van der Waals surface area (Å²) in [6, 6.07) is -0.612. The molecule has 104 valence electrons. The van der Waals surface area contributed by atoms with E-state index in [-0.39, 0.29) is 23.9 Å². The maximum atomic E-state index is 12.3. The van der Waals surface area contributed by atoms with Crippen LogP contribution >= 0.6 is 0 Å². The fourth-order valence-electron chi connectivity index (χ4n) is 2.30. The van der Waals surface area contributed by atoms with E-state index < -0.39 is 12.0 Å². The summed E-state index contributed by atoms with van der Waals surface area (Å²) in [6.45, 7) is 5.43. The zero-order valence-corrected chi connectivity index (χ0v) is 11.5. The number of carboxylic acids is 1. The summed E-state index contributed by atoms with van der Waals surface area (Å²) in [7, 11) is 0. The maximum absolute atomic E-state index is 12.3. The van der Waals surface area contributed by atoms with Gasteiger partial charge >= 0.3 is 5.97 Å². The summed E-state index contributed by atoms with van der Waals surface area (Å²) in [6.07, 6.45) is 3.88. The van der Waals surface area contributed by atoms with Gasteiger partial charge in [-0.15, -0.1) is 0 Å². The van der Waals surface area contributed by atoms with Crippen molar-refractivity contribution in [1.29, 1.82) is 0 Å². The number of rotatable bonds is 4. The minimum atomic E-state index is -0.976. The third-order valence-corrected chi connectivity index (χ3v) is 3.55. The van der Waals surface area contributed by atoms with Crippen LogP contribution in [0.4, 0.5) is 0 Å². The zero-order chi connectivity index (χ0) is 13.9. The molecular formula is C13H24N2O3.